The minimum Gasteiger partial charge on any atom is -0.368 e. The van der Waals surface area contributed by atoms with E-state index in [-0.39, 0.29) is 17.6 Å². The van der Waals surface area contributed by atoms with Gasteiger partial charge >= 0.3 is 0 Å². The summed E-state index contributed by atoms with van der Waals surface area (Å²) in [5.74, 6) is 0.126. The van der Waals surface area contributed by atoms with Crippen LogP contribution < -0.4 is 0 Å². The van der Waals surface area contributed by atoms with Gasteiger partial charge in [0, 0.05) is 36.4 Å². The topological polar surface area (TPSA) is 63.1 Å². The third kappa shape index (κ3) is 2.58. The summed E-state index contributed by atoms with van der Waals surface area (Å²) in [6.45, 7) is 4.07. The first-order valence-corrected chi connectivity index (χ1v) is 9.70. The molecule has 1 unspecified atom stereocenters. The number of para-hydroxylation sites is 1. The number of hydrogen-bond donors (Lipinski definition) is 1. The van der Waals surface area contributed by atoms with Crippen LogP contribution in [0.2, 0.25) is 0 Å². The molecule has 0 aliphatic carbocycles. The average Bonchev–Trinajstić information content (AvgIpc) is 3.37. The van der Waals surface area contributed by atoms with Crippen molar-refractivity contribution in [2.75, 3.05) is 19.7 Å². The van der Waals surface area contributed by atoms with Crippen molar-refractivity contribution in [2.45, 2.75) is 37.8 Å². The number of rotatable bonds is 2. The number of carbonyl (C=O) groups excluding carboxylic acids is 1. The summed E-state index contributed by atoms with van der Waals surface area (Å²) in [7, 11) is 0. The van der Waals surface area contributed by atoms with Crippen molar-refractivity contribution in [1.29, 1.82) is 0 Å². The van der Waals surface area contributed by atoms with Crippen molar-refractivity contribution in [3.05, 3.63) is 54.0 Å². The summed E-state index contributed by atoms with van der Waals surface area (Å²) < 4.78 is 8.06. The number of aromatic nitrogens is 3. The summed E-state index contributed by atoms with van der Waals surface area (Å²) in [6.07, 6.45) is 6.14. The largest absolute Gasteiger partial charge is 0.368 e. The van der Waals surface area contributed by atoms with Gasteiger partial charge in [0.15, 0.2) is 0 Å². The predicted molar refractivity (Wildman–Crippen MR) is 102 cm³/mol. The highest BCUT2D eigenvalue weighted by atomic mass is 16.5. The van der Waals surface area contributed by atoms with Crippen molar-refractivity contribution in [2.24, 2.45) is 0 Å². The van der Waals surface area contributed by atoms with E-state index in [0.29, 0.717) is 13.1 Å². The van der Waals surface area contributed by atoms with E-state index in [4.69, 9.17) is 4.74 Å². The molecule has 1 amide bonds. The van der Waals surface area contributed by atoms with E-state index in [9.17, 15) is 4.79 Å². The molecule has 5 rings (SSSR count). The highest BCUT2D eigenvalue weighted by Crippen LogP contribution is 2.43. The maximum Gasteiger partial charge on any atom is 0.247 e. The van der Waals surface area contributed by atoms with E-state index in [2.05, 4.69) is 34.3 Å². The van der Waals surface area contributed by atoms with E-state index < -0.39 is 0 Å². The lowest BCUT2D eigenvalue weighted by molar-refractivity contribution is -0.144. The van der Waals surface area contributed by atoms with Gasteiger partial charge in [0.05, 0.1) is 12.3 Å². The smallest absolute Gasteiger partial charge is 0.247 e. The maximum atomic E-state index is 12.9. The van der Waals surface area contributed by atoms with Crippen molar-refractivity contribution in [3.63, 3.8) is 0 Å². The molecule has 0 radical (unpaired) electrons. The van der Waals surface area contributed by atoms with Gasteiger partial charge in [-0.3, -0.25) is 9.48 Å². The fourth-order valence-electron chi connectivity index (χ4n) is 4.64. The highest BCUT2D eigenvalue weighted by Gasteiger charge is 2.44. The molecule has 0 bridgehead atoms. The van der Waals surface area contributed by atoms with Crippen LogP contribution in [0.1, 0.15) is 37.1 Å². The molecule has 2 aliphatic rings. The van der Waals surface area contributed by atoms with Gasteiger partial charge in [0.1, 0.15) is 11.6 Å². The molecule has 2 aliphatic heterocycles. The summed E-state index contributed by atoms with van der Waals surface area (Å²) in [4.78, 5) is 18.5. The Morgan fingerprint density at radius 1 is 1.26 bits per heavy atom. The van der Waals surface area contributed by atoms with Gasteiger partial charge in [-0.25, -0.2) is 0 Å². The molecule has 1 spiro atoms. The first-order valence-electron chi connectivity index (χ1n) is 9.70. The molecule has 1 N–H and O–H groups in total. The summed E-state index contributed by atoms with van der Waals surface area (Å²) in [5.41, 5.74) is 3.50. The number of H-pyrrole nitrogens is 1. The summed E-state index contributed by atoms with van der Waals surface area (Å²) in [5, 5.41) is 5.52. The Balaban J connectivity index is 1.38. The number of ether oxygens (including phenoxy) is 1. The zero-order valence-corrected chi connectivity index (χ0v) is 15.5. The zero-order valence-electron chi connectivity index (χ0n) is 15.5. The van der Waals surface area contributed by atoms with Gasteiger partial charge in [0.25, 0.3) is 0 Å². The number of amides is 1. The van der Waals surface area contributed by atoms with Crippen molar-refractivity contribution >= 4 is 16.8 Å². The minimum atomic E-state index is -0.293. The molecule has 1 aromatic carbocycles. The van der Waals surface area contributed by atoms with Crippen LogP contribution in [0, 0.1) is 0 Å². The molecule has 140 valence electrons. The molecule has 0 saturated carbocycles. The van der Waals surface area contributed by atoms with E-state index >= 15 is 0 Å². The molecule has 1 fully saturated rings. The second kappa shape index (κ2) is 6.23. The Bertz CT molecular complexity index is 967. The SMILES string of the molecule is CC(C(=O)N1CCC2(CC1)OCCc1c2[nH]c2ccccc12)n1cccn1. The number of hydrogen-bond acceptors (Lipinski definition) is 3. The second-order valence-corrected chi connectivity index (χ2v) is 7.60. The second-order valence-electron chi connectivity index (χ2n) is 7.60. The highest BCUT2D eigenvalue weighted by molar-refractivity contribution is 5.85. The number of likely N-dealkylation sites (tertiary alicyclic amines) is 1. The summed E-state index contributed by atoms with van der Waals surface area (Å²) >= 11 is 0. The van der Waals surface area contributed by atoms with Gasteiger partial charge in [-0.1, -0.05) is 18.2 Å². The quantitative estimate of drug-likeness (QED) is 0.760. The van der Waals surface area contributed by atoms with Crippen molar-refractivity contribution in [1.82, 2.24) is 19.7 Å². The Labute approximate surface area is 158 Å². The van der Waals surface area contributed by atoms with Gasteiger partial charge in [0.2, 0.25) is 5.91 Å². The zero-order chi connectivity index (χ0) is 18.4. The Morgan fingerprint density at radius 2 is 2.07 bits per heavy atom. The van der Waals surface area contributed by atoms with Crippen LogP contribution in [-0.2, 0) is 21.6 Å². The van der Waals surface area contributed by atoms with Crippen molar-refractivity contribution < 1.29 is 9.53 Å². The van der Waals surface area contributed by atoms with Gasteiger partial charge in [-0.05, 0) is 43.9 Å². The Morgan fingerprint density at radius 3 is 2.85 bits per heavy atom. The van der Waals surface area contributed by atoms with Crippen LogP contribution in [0.4, 0.5) is 0 Å². The number of nitrogens with zero attached hydrogens (tertiary/aromatic N) is 3. The summed E-state index contributed by atoms with van der Waals surface area (Å²) in [6, 6.07) is 10.1. The van der Waals surface area contributed by atoms with E-state index in [1.165, 1.54) is 22.2 Å². The first kappa shape index (κ1) is 16.6. The Hall–Kier alpha value is -2.60. The predicted octanol–water partition coefficient (Wildman–Crippen LogP) is 3.02. The molecular formula is C21H24N4O2. The Kier molecular flexibility index (Phi) is 3.82. The molecule has 2 aromatic heterocycles. The van der Waals surface area contributed by atoms with Crippen LogP contribution in [0.5, 0.6) is 0 Å². The standard InChI is InChI=1S/C21H24N4O2/c1-15(25-11-4-10-22-25)20(26)24-12-8-21(9-13-24)19-17(7-14-27-21)16-5-2-3-6-18(16)23-19/h2-6,10-11,15,23H,7-9,12-14H2,1H3. The van der Waals surface area contributed by atoms with E-state index in [1.807, 2.05) is 24.1 Å². The molecule has 6 heteroatoms. The third-order valence-electron chi connectivity index (χ3n) is 6.16. The first-order chi connectivity index (χ1) is 13.2. The van der Waals surface area contributed by atoms with Crippen LogP contribution >= 0.6 is 0 Å². The number of piperidine rings is 1. The normalized spacial score (nSPS) is 20.0. The van der Waals surface area contributed by atoms with Gasteiger partial charge in [-0.2, -0.15) is 5.10 Å². The molecular weight excluding hydrogens is 340 g/mol. The molecule has 1 atom stereocenters. The molecule has 1 saturated heterocycles. The monoisotopic (exact) mass is 364 g/mol. The number of carbonyl (C=O) groups is 1. The van der Waals surface area contributed by atoms with Gasteiger partial charge in [-0.15, -0.1) is 0 Å². The maximum absolute atomic E-state index is 12.9. The number of nitrogens with one attached hydrogen (secondary N) is 1. The number of benzene rings is 1. The average molecular weight is 364 g/mol. The lowest BCUT2D eigenvalue weighted by Gasteiger charge is -2.44. The minimum absolute atomic E-state index is 0.126. The van der Waals surface area contributed by atoms with E-state index in [0.717, 1.165) is 25.9 Å². The van der Waals surface area contributed by atoms with Crippen LogP contribution in [-0.4, -0.2) is 45.3 Å². The van der Waals surface area contributed by atoms with Crippen LogP contribution in [0.25, 0.3) is 10.9 Å². The van der Waals surface area contributed by atoms with E-state index in [1.54, 1.807) is 10.9 Å². The fourth-order valence-corrected chi connectivity index (χ4v) is 4.64. The third-order valence-corrected chi connectivity index (χ3v) is 6.16. The number of aromatic amines is 1. The lowest BCUT2D eigenvalue weighted by atomic mass is 9.83. The molecule has 4 heterocycles. The van der Waals surface area contributed by atoms with Crippen LogP contribution in [0.3, 0.4) is 0 Å². The molecule has 27 heavy (non-hydrogen) atoms. The van der Waals surface area contributed by atoms with Gasteiger partial charge < -0.3 is 14.6 Å². The van der Waals surface area contributed by atoms with Crippen molar-refractivity contribution in [3.8, 4) is 0 Å². The molecule has 3 aromatic rings. The fraction of sp³-hybridized carbons (Fsp3) is 0.429. The lowest BCUT2D eigenvalue weighted by Crippen LogP contribution is -2.49. The van der Waals surface area contributed by atoms with Crippen LogP contribution in [0.15, 0.2) is 42.7 Å². The number of fused-ring (bicyclic) bond motifs is 4. The molecule has 6 nitrogen and oxygen atoms in total.